The van der Waals surface area contributed by atoms with Gasteiger partial charge in [0, 0.05) is 22.5 Å². The largest absolute Gasteiger partial charge is 0.465 e. The molecule has 0 aliphatic rings. The topological polar surface area (TPSA) is 134 Å². The highest BCUT2D eigenvalue weighted by molar-refractivity contribution is 7.87. The van der Waals surface area contributed by atoms with Crippen molar-refractivity contribution in [2.45, 2.75) is 25.3 Å². The second-order valence-corrected chi connectivity index (χ2v) is 8.19. The van der Waals surface area contributed by atoms with Crippen LogP contribution in [0, 0.1) is 0 Å². The molecule has 0 radical (unpaired) electrons. The molecule has 0 aliphatic carbocycles. The Kier molecular flexibility index (Phi) is 7.35. The number of rotatable bonds is 9. The lowest BCUT2D eigenvalue weighted by Gasteiger charge is -2.14. The van der Waals surface area contributed by atoms with Crippen molar-refractivity contribution < 1.29 is 18.3 Å². The van der Waals surface area contributed by atoms with Crippen LogP contribution < -0.4 is 15.2 Å². The minimum atomic E-state index is -3.71. The van der Waals surface area contributed by atoms with Crippen LogP contribution in [0.2, 0.25) is 5.02 Å². The summed E-state index contributed by atoms with van der Waals surface area (Å²) in [6, 6.07) is 6.76. The normalized spacial score (nSPS) is 12.7. The summed E-state index contributed by atoms with van der Waals surface area (Å²) in [6.45, 7) is 0.200. The molecular formula is C15H19ClN4O4S2. The van der Waals surface area contributed by atoms with Crippen molar-refractivity contribution in [3.05, 3.63) is 40.4 Å². The van der Waals surface area contributed by atoms with Gasteiger partial charge in [0.2, 0.25) is 0 Å². The number of unbranched alkanes of at least 4 members (excludes halogenated alkanes) is 1. The Morgan fingerprint density at radius 2 is 2.00 bits per heavy atom. The van der Waals surface area contributed by atoms with Gasteiger partial charge >= 0.3 is 6.09 Å². The van der Waals surface area contributed by atoms with Gasteiger partial charge in [0.1, 0.15) is 5.01 Å². The predicted molar refractivity (Wildman–Crippen MR) is 101 cm³/mol. The summed E-state index contributed by atoms with van der Waals surface area (Å²) in [5, 5.41) is 19.6. The minimum Gasteiger partial charge on any atom is -0.465 e. The highest BCUT2D eigenvalue weighted by atomic mass is 35.5. The zero-order valence-electron chi connectivity index (χ0n) is 13.7. The van der Waals surface area contributed by atoms with E-state index < -0.39 is 22.3 Å². The first kappa shape index (κ1) is 20.6. The summed E-state index contributed by atoms with van der Waals surface area (Å²) < 4.78 is 23.8. The first-order valence-electron chi connectivity index (χ1n) is 7.73. The maximum atomic E-state index is 11.1. The Morgan fingerprint density at radius 1 is 1.31 bits per heavy atom. The zero-order valence-corrected chi connectivity index (χ0v) is 16.1. The van der Waals surface area contributed by atoms with Crippen LogP contribution >= 0.6 is 22.9 Å². The average Bonchev–Trinajstić information content (AvgIpc) is 3.02. The third kappa shape index (κ3) is 6.89. The van der Waals surface area contributed by atoms with Crippen LogP contribution in [0.3, 0.4) is 0 Å². The molecule has 26 heavy (non-hydrogen) atoms. The maximum absolute atomic E-state index is 11.1. The molecule has 1 heterocycles. The van der Waals surface area contributed by atoms with E-state index in [0.29, 0.717) is 30.0 Å². The van der Waals surface area contributed by atoms with Gasteiger partial charge in [-0.25, -0.2) is 19.6 Å². The number of nitrogens with two attached hydrogens (primary N) is 1. The number of aromatic nitrogens is 1. The molecule has 0 bridgehead atoms. The van der Waals surface area contributed by atoms with E-state index in [2.05, 4.69) is 15.0 Å². The summed E-state index contributed by atoms with van der Waals surface area (Å²) >= 11 is 7.30. The van der Waals surface area contributed by atoms with Crippen molar-refractivity contribution in [3.63, 3.8) is 0 Å². The molecule has 0 aliphatic heterocycles. The molecule has 1 atom stereocenters. The van der Waals surface area contributed by atoms with E-state index in [-0.39, 0.29) is 6.54 Å². The molecule has 142 valence electrons. The van der Waals surface area contributed by atoms with Crippen LogP contribution in [-0.2, 0) is 10.2 Å². The summed E-state index contributed by atoms with van der Waals surface area (Å²) in [7, 11) is -3.71. The summed E-state index contributed by atoms with van der Waals surface area (Å²) in [5.41, 5.74) is 1.53. The number of halogens is 1. The van der Waals surface area contributed by atoms with Gasteiger partial charge < -0.3 is 10.4 Å². The third-order valence-corrected chi connectivity index (χ3v) is 5.26. The molecule has 8 nitrogen and oxygen atoms in total. The van der Waals surface area contributed by atoms with Gasteiger partial charge in [-0.1, -0.05) is 23.7 Å². The van der Waals surface area contributed by atoms with Gasteiger partial charge in [0.15, 0.2) is 0 Å². The van der Waals surface area contributed by atoms with Crippen molar-refractivity contribution in [1.82, 2.24) is 15.0 Å². The van der Waals surface area contributed by atoms with Crippen LogP contribution in [0.4, 0.5) is 4.79 Å². The molecule has 1 aromatic heterocycles. The van der Waals surface area contributed by atoms with Gasteiger partial charge in [0.05, 0.1) is 11.7 Å². The molecule has 1 aromatic carbocycles. The number of thiazole rings is 1. The maximum Gasteiger partial charge on any atom is 0.405 e. The fourth-order valence-electron chi connectivity index (χ4n) is 2.30. The average molecular weight is 419 g/mol. The van der Waals surface area contributed by atoms with Crippen LogP contribution in [0.1, 0.15) is 31.0 Å². The van der Waals surface area contributed by atoms with E-state index in [1.807, 2.05) is 17.5 Å². The van der Waals surface area contributed by atoms with E-state index in [1.54, 1.807) is 12.1 Å². The van der Waals surface area contributed by atoms with Gasteiger partial charge in [-0.3, -0.25) is 0 Å². The molecule has 0 saturated heterocycles. The molecule has 0 spiro atoms. The second kappa shape index (κ2) is 9.28. The smallest absolute Gasteiger partial charge is 0.405 e. The molecule has 2 rings (SSSR count). The Hall–Kier alpha value is -1.72. The van der Waals surface area contributed by atoms with Crippen molar-refractivity contribution in [2.24, 2.45) is 5.14 Å². The molecule has 2 aromatic rings. The first-order valence-corrected chi connectivity index (χ1v) is 10.5. The van der Waals surface area contributed by atoms with Crippen LogP contribution in [0.15, 0.2) is 29.6 Å². The van der Waals surface area contributed by atoms with Crippen molar-refractivity contribution in [1.29, 1.82) is 0 Å². The lowest BCUT2D eigenvalue weighted by atomic mass is 10.1. The highest BCUT2D eigenvalue weighted by Gasteiger charge is 2.18. The highest BCUT2D eigenvalue weighted by Crippen LogP contribution is 2.29. The Balaban J connectivity index is 2.00. The summed E-state index contributed by atoms with van der Waals surface area (Å²) in [5.74, 6) is 0. The summed E-state index contributed by atoms with van der Waals surface area (Å²) in [4.78, 5) is 15.6. The number of carbonyl (C=O) groups is 1. The number of carboxylic acid groups (broad SMARTS) is 1. The van der Waals surface area contributed by atoms with Crippen LogP contribution in [0.5, 0.6) is 0 Å². The van der Waals surface area contributed by atoms with E-state index >= 15 is 0 Å². The first-order chi connectivity index (χ1) is 12.2. The number of benzene rings is 1. The van der Waals surface area contributed by atoms with Crippen molar-refractivity contribution in [2.75, 3.05) is 6.54 Å². The second-order valence-electron chi connectivity index (χ2n) is 5.52. The third-order valence-electron chi connectivity index (χ3n) is 3.49. The Labute approximate surface area is 160 Å². The predicted octanol–water partition coefficient (Wildman–Crippen LogP) is 2.74. The van der Waals surface area contributed by atoms with Gasteiger partial charge in [-0.05, 0) is 31.4 Å². The quantitative estimate of drug-likeness (QED) is 0.464. The van der Waals surface area contributed by atoms with Gasteiger partial charge in [-0.15, -0.1) is 11.3 Å². The Morgan fingerprint density at radius 3 is 2.62 bits per heavy atom. The fourth-order valence-corrected chi connectivity index (χ4v) is 3.74. The number of nitrogens with zero attached hydrogens (tertiary/aromatic N) is 1. The zero-order chi connectivity index (χ0) is 19.2. The lowest BCUT2D eigenvalue weighted by Crippen LogP contribution is -2.31. The monoisotopic (exact) mass is 418 g/mol. The molecule has 0 saturated carbocycles. The minimum absolute atomic E-state index is 0.200. The fraction of sp³-hybridized carbons (Fsp3) is 0.333. The van der Waals surface area contributed by atoms with E-state index in [0.717, 1.165) is 10.6 Å². The van der Waals surface area contributed by atoms with Crippen molar-refractivity contribution in [3.8, 4) is 10.6 Å². The van der Waals surface area contributed by atoms with Crippen LogP contribution in [0.25, 0.3) is 10.6 Å². The van der Waals surface area contributed by atoms with Crippen molar-refractivity contribution >= 4 is 39.2 Å². The lowest BCUT2D eigenvalue weighted by molar-refractivity contribution is 0.188. The molecule has 11 heteroatoms. The van der Waals surface area contributed by atoms with Gasteiger partial charge in [0.25, 0.3) is 10.2 Å². The molecular weight excluding hydrogens is 400 g/mol. The number of hydrogen-bond acceptors (Lipinski definition) is 5. The Bertz CT molecular complexity index is 840. The van der Waals surface area contributed by atoms with E-state index in [1.165, 1.54) is 11.3 Å². The standard InChI is InChI=1S/C15H19ClN4O4S2/c16-11-6-4-10(5-7-11)14-19-13(9-25-14)12(20-15(21)22)3-1-2-8-18-26(17,23)24/h4-7,9,12,18,20H,1-3,8H2,(H,21,22)(H2,17,23,24). The van der Waals surface area contributed by atoms with Crippen LogP contribution in [-0.4, -0.2) is 31.1 Å². The number of hydrogen-bond donors (Lipinski definition) is 4. The molecule has 0 fully saturated rings. The SMILES string of the molecule is NS(=O)(=O)NCCCCC(NC(=O)O)c1csc(-c2ccc(Cl)cc2)n1. The molecule has 1 unspecified atom stereocenters. The van der Waals surface area contributed by atoms with E-state index in [4.69, 9.17) is 21.8 Å². The number of nitrogens with one attached hydrogen (secondary N) is 2. The van der Waals surface area contributed by atoms with E-state index in [9.17, 15) is 13.2 Å². The molecule has 5 N–H and O–H groups in total. The number of amides is 1. The summed E-state index contributed by atoms with van der Waals surface area (Å²) in [6.07, 6.45) is 0.477. The molecule has 1 amide bonds. The van der Waals surface area contributed by atoms with Gasteiger partial charge in [-0.2, -0.15) is 8.42 Å².